The second-order valence-electron chi connectivity index (χ2n) is 6.61. The first kappa shape index (κ1) is 15.7. The Labute approximate surface area is 155 Å². The zero-order chi connectivity index (χ0) is 18.2. The van der Waals surface area contributed by atoms with Crippen LogP contribution in [0.3, 0.4) is 0 Å². The van der Waals surface area contributed by atoms with Crippen molar-refractivity contribution in [1.29, 1.82) is 0 Å². The standard InChI is InChI=1S/C21H17N3O3/c25-21(22-18-12-15(23-24-18)13-10-11-13)20-19(14-6-2-1-3-7-14)26-16-8-4-5-9-17(16)27-20/h1-9,12-13H,10-11H2,(H2,22,23,24,25). The zero-order valence-electron chi connectivity index (χ0n) is 14.4. The lowest BCUT2D eigenvalue weighted by Gasteiger charge is -2.23. The number of fused-ring (bicyclic) bond motifs is 1. The van der Waals surface area contributed by atoms with Gasteiger partial charge < -0.3 is 14.8 Å². The second kappa shape index (κ2) is 6.32. The highest BCUT2D eigenvalue weighted by atomic mass is 16.6. The van der Waals surface area contributed by atoms with Gasteiger partial charge in [0.2, 0.25) is 5.76 Å². The molecule has 6 heteroatoms. The van der Waals surface area contributed by atoms with Crippen LogP contribution in [0.4, 0.5) is 5.82 Å². The summed E-state index contributed by atoms with van der Waals surface area (Å²) in [6, 6.07) is 18.6. The van der Waals surface area contributed by atoms with Crippen LogP contribution in [0, 0.1) is 0 Å². The number of carbonyl (C=O) groups excluding carboxylic acids is 1. The number of aromatic amines is 1. The molecule has 0 saturated heterocycles. The Kier molecular flexibility index (Phi) is 3.67. The van der Waals surface area contributed by atoms with Crippen LogP contribution in [0.5, 0.6) is 11.5 Å². The van der Waals surface area contributed by atoms with E-state index in [1.165, 1.54) is 0 Å². The van der Waals surface area contributed by atoms with Gasteiger partial charge in [-0.05, 0) is 25.0 Å². The van der Waals surface area contributed by atoms with Crippen LogP contribution in [0.15, 0.2) is 66.4 Å². The van der Waals surface area contributed by atoms with Gasteiger partial charge in [0, 0.05) is 17.5 Å². The molecule has 0 unspecified atom stereocenters. The lowest BCUT2D eigenvalue weighted by Crippen LogP contribution is -2.24. The summed E-state index contributed by atoms with van der Waals surface area (Å²) in [5.41, 5.74) is 1.74. The maximum absolute atomic E-state index is 12.9. The molecule has 0 spiro atoms. The van der Waals surface area contributed by atoms with E-state index in [0.717, 1.165) is 24.1 Å². The number of nitrogens with zero attached hydrogens (tertiary/aromatic N) is 1. The van der Waals surface area contributed by atoms with Crippen molar-refractivity contribution in [1.82, 2.24) is 10.2 Å². The van der Waals surface area contributed by atoms with Gasteiger partial charge in [0.1, 0.15) is 5.82 Å². The van der Waals surface area contributed by atoms with E-state index >= 15 is 0 Å². The lowest BCUT2D eigenvalue weighted by molar-refractivity contribution is -0.114. The third-order valence-corrected chi connectivity index (χ3v) is 4.56. The highest BCUT2D eigenvalue weighted by Gasteiger charge is 2.29. The summed E-state index contributed by atoms with van der Waals surface area (Å²) in [5, 5.41) is 9.96. The molecule has 2 N–H and O–H groups in total. The minimum atomic E-state index is -0.394. The number of aromatic nitrogens is 2. The Morgan fingerprint density at radius 3 is 2.44 bits per heavy atom. The van der Waals surface area contributed by atoms with E-state index in [1.54, 1.807) is 6.07 Å². The third-order valence-electron chi connectivity index (χ3n) is 4.56. The number of benzene rings is 2. The Morgan fingerprint density at radius 2 is 1.70 bits per heavy atom. The highest BCUT2D eigenvalue weighted by molar-refractivity contribution is 6.07. The van der Waals surface area contributed by atoms with Gasteiger partial charge in [0.25, 0.3) is 5.91 Å². The summed E-state index contributed by atoms with van der Waals surface area (Å²) in [5.74, 6) is 2.23. The van der Waals surface area contributed by atoms with E-state index in [9.17, 15) is 4.79 Å². The summed E-state index contributed by atoms with van der Waals surface area (Å²) in [6.45, 7) is 0. The minimum Gasteiger partial charge on any atom is -0.449 e. The summed E-state index contributed by atoms with van der Waals surface area (Å²) in [6.07, 6.45) is 2.30. The van der Waals surface area contributed by atoms with Gasteiger partial charge in [-0.3, -0.25) is 9.89 Å². The number of rotatable bonds is 4. The minimum absolute atomic E-state index is 0.113. The molecular formula is C21H17N3O3. The summed E-state index contributed by atoms with van der Waals surface area (Å²) in [4.78, 5) is 12.9. The molecule has 1 aliphatic heterocycles. The van der Waals surface area contributed by atoms with Gasteiger partial charge in [-0.25, -0.2) is 0 Å². The van der Waals surface area contributed by atoms with Crippen molar-refractivity contribution < 1.29 is 14.3 Å². The Bertz CT molecular complexity index is 1040. The molecule has 1 aromatic heterocycles. The van der Waals surface area contributed by atoms with E-state index in [4.69, 9.17) is 9.47 Å². The number of hydrogen-bond acceptors (Lipinski definition) is 4. The van der Waals surface area contributed by atoms with Gasteiger partial charge in [0.05, 0.1) is 5.69 Å². The predicted octanol–water partition coefficient (Wildman–Crippen LogP) is 4.07. The molecule has 1 saturated carbocycles. The molecule has 2 aliphatic rings. The maximum Gasteiger partial charge on any atom is 0.296 e. The average Bonchev–Trinajstić information content (AvgIpc) is 3.47. The number of nitrogens with one attached hydrogen (secondary N) is 2. The van der Waals surface area contributed by atoms with Crippen LogP contribution in [0.25, 0.3) is 5.76 Å². The molecule has 0 radical (unpaired) electrons. The van der Waals surface area contributed by atoms with Crippen LogP contribution in [0.1, 0.15) is 30.0 Å². The van der Waals surface area contributed by atoms with Crippen LogP contribution < -0.4 is 14.8 Å². The fraction of sp³-hybridized carbons (Fsp3) is 0.143. The van der Waals surface area contributed by atoms with Crippen molar-refractivity contribution in [3.05, 3.63) is 77.7 Å². The molecule has 1 aliphatic carbocycles. The van der Waals surface area contributed by atoms with Crippen molar-refractivity contribution >= 4 is 17.5 Å². The van der Waals surface area contributed by atoms with Crippen molar-refractivity contribution in [2.75, 3.05) is 5.32 Å². The number of hydrogen-bond donors (Lipinski definition) is 2. The molecule has 6 nitrogen and oxygen atoms in total. The van der Waals surface area contributed by atoms with Crippen molar-refractivity contribution in [3.63, 3.8) is 0 Å². The third kappa shape index (κ3) is 3.06. The van der Waals surface area contributed by atoms with Gasteiger partial charge in [-0.1, -0.05) is 42.5 Å². The highest BCUT2D eigenvalue weighted by Crippen LogP contribution is 2.40. The fourth-order valence-electron chi connectivity index (χ4n) is 3.03. The molecule has 0 bridgehead atoms. The molecule has 2 aromatic carbocycles. The molecule has 1 fully saturated rings. The number of anilines is 1. The second-order valence-corrected chi connectivity index (χ2v) is 6.61. The van der Waals surface area contributed by atoms with Crippen molar-refractivity contribution in [2.45, 2.75) is 18.8 Å². The van der Waals surface area contributed by atoms with Crippen molar-refractivity contribution in [2.24, 2.45) is 0 Å². The van der Waals surface area contributed by atoms with Crippen molar-refractivity contribution in [3.8, 4) is 11.5 Å². The van der Waals surface area contributed by atoms with Crippen LogP contribution in [0.2, 0.25) is 0 Å². The first-order valence-electron chi connectivity index (χ1n) is 8.89. The summed E-state index contributed by atoms with van der Waals surface area (Å²) >= 11 is 0. The number of amides is 1. The van der Waals surface area contributed by atoms with E-state index in [0.29, 0.717) is 29.0 Å². The van der Waals surface area contributed by atoms with Crippen LogP contribution in [-0.4, -0.2) is 16.1 Å². The molecular weight excluding hydrogens is 342 g/mol. The normalized spacial score (nSPS) is 15.6. The molecule has 134 valence electrons. The van der Waals surface area contributed by atoms with Crippen LogP contribution in [-0.2, 0) is 4.79 Å². The molecule has 0 atom stereocenters. The smallest absolute Gasteiger partial charge is 0.296 e. The maximum atomic E-state index is 12.9. The first-order chi connectivity index (χ1) is 13.3. The first-order valence-corrected chi connectivity index (χ1v) is 8.89. The largest absolute Gasteiger partial charge is 0.449 e. The predicted molar refractivity (Wildman–Crippen MR) is 100 cm³/mol. The number of ether oxygens (including phenoxy) is 2. The van der Waals surface area contributed by atoms with Gasteiger partial charge in [-0.2, -0.15) is 5.10 Å². The fourth-order valence-corrected chi connectivity index (χ4v) is 3.03. The summed E-state index contributed by atoms with van der Waals surface area (Å²) in [7, 11) is 0. The zero-order valence-corrected chi connectivity index (χ0v) is 14.4. The van der Waals surface area contributed by atoms with Gasteiger partial charge in [0.15, 0.2) is 17.3 Å². The molecule has 3 aromatic rings. The lowest BCUT2D eigenvalue weighted by atomic mass is 10.1. The van der Waals surface area contributed by atoms with E-state index in [-0.39, 0.29) is 5.76 Å². The monoisotopic (exact) mass is 359 g/mol. The van der Waals surface area contributed by atoms with Gasteiger partial charge >= 0.3 is 0 Å². The Hall–Kier alpha value is -3.54. The number of carbonyl (C=O) groups is 1. The molecule has 2 heterocycles. The molecule has 1 amide bonds. The Morgan fingerprint density at radius 1 is 1.00 bits per heavy atom. The number of H-pyrrole nitrogens is 1. The quantitative estimate of drug-likeness (QED) is 0.736. The molecule has 5 rings (SSSR count). The summed E-state index contributed by atoms with van der Waals surface area (Å²) < 4.78 is 11.9. The Balaban J connectivity index is 1.48. The topological polar surface area (TPSA) is 76.2 Å². The SMILES string of the molecule is O=C(Nc1cc(C2CC2)n[nH]1)C1=C(c2ccccc2)Oc2ccccc2O1. The van der Waals surface area contributed by atoms with E-state index in [2.05, 4.69) is 15.5 Å². The van der Waals surface area contributed by atoms with E-state index < -0.39 is 5.91 Å². The van der Waals surface area contributed by atoms with Gasteiger partial charge in [-0.15, -0.1) is 0 Å². The number of para-hydroxylation sites is 2. The average molecular weight is 359 g/mol. The molecule has 27 heavy (non-hydrogen) atoms. The van der Waals surface area contributed by atoms with E-state index in [1.807, 2.05) is 54.6 Å². The van der Waals surface area contributed by atoms with Crippen LogP contribution >= 0.6 is 0 Å².